The van der Waals surface area contributed by atoms with Gasteiger partial charge in [-0.2, -0.15) is 4.98 Å². The number of methoxy groups -OCH3 is 1. The van der Waals surface area contributed by atoms with Crippen molar-refractivity contribution in [2.45, 2.75) is 33.1 Å². The topological polar surface area (TPSA) is 86.5 Å². The zero-order valence-electron chi connectivity index (χ0n) is 16.9. The molecule has 7 heteroatoms. The van der Waals surface area contributed by atoms with E-state index in [0.29, 0.717) is 49.1 Å². The number of hydrogen-bond donors (Lipinski definition) is 1. The van der Waals surface area contributed by atoms with Crippen LogP contribution in [0.4, 0.5) is 5.69 Å². The maximum Gasteiger partial charge on any atom is 0.226 e. The molecule has 1 N–H and O–H groups in total. The van der Waals surface area contributed by atoms with Crippen molar-refractivity contribution in [3.63, 3.8) is 0 Å². The molecule has 1 aromatic heterocycles. The van der Waals surface area contributed by atoms with Crippen LogP contribution in [0.3, 0.4) is 0 Å². The summed E-state index contributed by atoms with van der Waals surface area (Å²) in [6.45, 7) is 4.48. The van der Waals surface area contributed by atoms with Gasteiger partial charge in [0.05, 0.1) is 13.7 Å². The van der Waals surface area contributed by atoms with Crippen LogP contribution < -0.4 is 14.8 Å². The first-order valence-corrected chi connectivity index (χ1v) is 9.59. The quantitative estimate of drug-likeness (QED) is 0.577. The van der Waals surface area contributed by atoms with Crippen molar-refractivity contribution in [3.05, 3.63) is 53.9 Å². The van der Waals surface area contributed by atoms with Crippen molar-refractivity contribution >= 4 is 11.6 Å². The van der Waals surface area contributed by atoms with Crippen LogP contribution in [0, 0.1) is 6.92 Å². The number of amides is 1. The number of nitrogens with zero attached hydrogens (tertiary/aromatic N) is 2. The number of hydrogen-bond acceptors (Lipinski definition) is 6. The number of anilines is 1. The van der Waals surface area contributed by atoms with E-state index in [0.717, 1.165) is 16.8 Å². The minimum atomic E-state index is -0.0372. The van der Waals surface area contributed by atoms with E-state index in [4.69, 9.17) is 14.0 Å². The molecule has 0 bridgehead atoms. The molecule has 0 fully saturated rings. The lowest BCUT2D eigenvalue weighted by Gasteiger charge is -2.09. The summed E-state index contributed by atoms with van der Waals surface area (Å²) in [5, 5.41) is 6.91. The number of rotatable bonds is 9. The van der Waals surface area contributed by atoms with Crippen LogP contribution in [-0.2, 0) is 11.2 Å². The number of benzene rings is 2. The van der Waals surface area contributed by atoms with Crippen LogP contribution in [-0.4, -0.2) is 29.8 Å². The standard InChI is InChI=1S/C22H25N3O4/c1-4-28-18-13-10-16(14-19(18)27-3)22-24-21(29-25-22)7-5-6-20(26)23-17-11-8-15(2)9-12-17/h8-14H,4-7H2,1-3H3,(H,23,26). The molecular formula is C22H25N3O4. The highest BCUT2D eigenvalue weighted by Gasteiger charge is 2.13. The fraction of sp³-hybridized carbons (Fsp3) is 0.318. The maximum absolute atomic E-state index is 12.1. The molecule has 0 spiro atoms. The Bertz CT molecular complexity index is 951. The van der Waals surface area contributed by atoms with E-state index in [9.17, 15) is 4.79 Å². The Kier molecular flexibility index (Phi) is 6.84. The third kappa shape index (κ3) is 5.57. The number of ether oxygens (including phenoxy) is 2. The smallest absolute Gasteiger partial charge is 0.226 e. The molecule has 3 aromatic rings. The molecule has 0 aliphatic heterocycles. The zero-order valence-corrected chi connectivity index (χ0v) is 16.9. The lowest BCUT2D eigenvalue weighted by Crippen LogP contribution is -2.11. The minimum Gasteiger partial charge on any atom is -0.493 e. The fourth-order valence-corrected chi connectivity index (χ4v) is 2.82. The Morgan fingerprint density at radius 1 is 1.14 bits per heavy atom. The van der Waals surface area contributed by atoms with Crippen LogP contribution in [0.15, 0.2) is 47.0 Å². The molecule has 2 aromatic carbocycles. The molecule has 7 nitrogen and oxygen atoms in total. The summed E-state index contributed by atoms with van der Waals surface area (Å²) in [6, 6.07) is 13.2. The summed E-state index contributed by atoms with van der Waals surface area (Å²) in [7, 11) is 1.59. The van der Waals surface area contributed by atoms with Gasteiger partial charge in [-0.25, -0.2) is 0 Å². The highest BCUT2D eigenvalue weighted by molar-refractivity contribution is 5.90. The van der Waals surface area contributed by atoms with Gasteiger partial charge >= 0.3 is 0 Å². The molecule has 1 heterocycles. The fourth-order valence-electron chi connectivity index (χ4n) is 2.82. The molecule has 152 valence electrons. The number of carbonyl (C=O) groups is 1. The van der Waals surface area contributed by atoms with Crippen molar-refractivity contribution in [3.8, 4) is 22.9 Å². The van der Waals surface area contributed by atoms with Crippen LogP contribution in [0.25, 0.3) is 11.4 Å². The largest absolute Gasteiger partial charge is 0.493 e. The van der Waals surface area contributed by atoms with E-state index >= 15 is 0 Å². The van der Waals surface area contributed by atoms with Gasteiger partial charge in [0, 0.05) is 24.1 Å². The van der Waals surface area contributed by atoms with E-state index in [1.807, 2.05) is 56.3 Å². The van der Waals surface area contributed by atoms with Crippen molar-refractivity contribution in [1.29, 1.82) is 0 Å². The molecule has 0 atom stereocenters. The minimum absolute atomic E-state index is 0.0372. The average molecular weight is 395 g/mol. The molecule has 3 rings (SSSR count). The molecule has 1 amide bonds. The second-order valence-corrected chi connectivity index (χ2v) is 6.58. The number of aryl methyl sites for hydroxylation is 2. The highest BCUT2D eigenvalue weighted by Crippen LogP contribution is 2.31. The predicted octanol–water partition coefficient (Wildman–Crippen LogP) is 4.41. The van der Waals surface area contributed by atoms with Gasteiger partial charge < -0.3 is 19.3 Å². The predicted molar refractivity (Wildman–Crippen MR) is 110 cm³/mol. The molecule has 29 heavy (non-hydrogen) atoms. The third-order valence-electron chi connectivity index (χ3n) is 4.32. The van der Waals surface area contributed by atoms with Crippen LogP contribution in [0.2, 0.25) is 0 Å². The summed E-state index contributed by atoms with van der Waals surface area (Å²) in [5.41, 5.74) is 2.72. The summed E-state index contributed by atoms with van der Waals surface area (Å²) < 4.78 is 16.2. The zero-order chi connectivity index (χ0) is 20.6. The van der Waals surface area contributed by atoms with Gasteiger partial charge in [-0.1, -0.05) is 22.9 Å². The Labute approximate surface area is 170 Å². The number of nitrogens with one attached hydrogen (secondary N) is 1. The van der Waals surface area contributed by atoms with Crippen molar-refractivity contribution in [1.82, 2.24) is 10.1 Å². The van der Waals surface area contributed by atoms with Gasteiger partial charge in [0.15, 0.2) is 11.5 Å². The maximum atomic E-state index is 12.1. The third-order valence-corrected chi connectivity index (χ3v) is 4.32. The first-order valence-electron chi connectivity index (χ1n) is 9.59. The average Bonchev–Trinajstić information content (AvgIpc) is 3.19. The van der Waals surface area contributed by atoms with E-state index in [-0.39, 0.29) is 5.91 Å². The normalized spacial score (nSPS) is 10.6. The molecule has 0 saturated heterocycles. The Balaban J connectivity index is 1.54. The summed E-state index contributed by atoms with van der Waals surface area (Å²) in [6.07, 6.45) is 1.52. The van der Waals surface area contributed by atoms with Gasteiger partial charge in [0.1, 0.15) is 0 Å². The van der Waals surface area contributed by atoms with Crippen LogP contribution in [0.5, 0.6) is 11.5 Å². The van der Waals surface area contributed by atoms with E-state index in [1.54, 1.807) is 7.11 Å². The van der Waals surface area contributed by atoms with Gasteiger partial charge in [0.2, 0.25) is 17.6 Å². The monoisotopic (exact) mass is 395 g/mol. The van der Waals surface area contributed by atoms with Crippen molar-refractivity contribution in [2.24, 2.45) is 0 Å². The second-order valence-electron chi connectivity index (χ2n) is 6.58. The highest BCUT2D eigenvalue weighted by atomic mass is 16.5. The Morgan fingerprint density at radius 2 is 1.93 bits per heavy atom. The van der Waals surface area contributed by atoms with Gasteiger partial charge in [-0.15, -0.1) is 0 Å². The molecule has 0 unspecified atom stereocenters. The van der Waals surface area contributed by atoms with Gasteiger partial charge in [0.25, 0.3) is 0 Å². The van der Waals surface area contributed by atoms with Crippen LogP contribution in [0.1, 0.15) is 31.2 Å². The summed E-state index contributed by atoms with van der Waals surface area (Å²) >= 11 is 0. The van der Waals surface area contributed by atoms with E-state index in [2.05, 4.69) is 15.5 Å². The first-order chi connectivity index (χ1) is 14.1. The van der Waals surface area contributed by atoms with Crippen molar-refractivity contribution in [2.75, 3.05) is 19.0 Å². The van der Waals surface area contributed by atoms with Gasteiger partial charge in [-0.3, -0.25) is 4.79 Å². The lowest BCUT2D eigenvalue weighted by molar-refractivity contribution is -0.116. The van der Waals surface area contributed by atoms with Crippen LogP contribution >= 0.6 is 0 Å². The molecule has 0 aliphatic carbocycles. The summed E-state index contributed by atoms with van der Waals surface area (Å²) in [4.78, 5) is 16.5. The van der Waals surface area contributed by atoms with Gasteiger partial charge in [-0.05, 0) is 50.6 Å². The molecular weight excluding hydrogens is 370 g/mol. The molecule has 0 saturated carbocycles. The lowest BCUT2D eigenvalue weighted by atomic mass is 10.2. The first kappa shape index (κ1) is 20.4. The Hall–Kier alpha value is -3.35. The van der Waals surface area contributed by atoms with E-state index < -0.39 is 0 Å². The summed E-state index contributed by atoms with van der Waals surface area (Å²) in [5.74, 6) is 2.22. The Morgan fingerprint density at radius 3 is 2.66 bits per heavy atom. The number of aromatic nitrogens is 2. The molecule has 0 aliphatic rings. The van der Waals surface area contributed by atoms with Crippen molar-refractivity contribution < 1.29 is 18.8 Å². The van der Waals surface area contributed by atoms with E-state index in [1.165, 1.54) is 0 Å². The number of carbonyl (C=O) groups excluding carboxylic acids is 1. The SMILES string of the molecule is CCOc1ccc(-c2noc(CCCC(=O)Nc3ccc(C)cc3)n2)cc1OC. The second kappa shape index (κ2) is 9.73. The molecule has 0 radical (unpaired) electrons.